The van der Waals surface area contributed by atoms with Crippen LogP contribution in [-0.4, -0.2) is 66.3 Å². The molecule has 5 nitrogen and oxygen atoms in total. The molecule has 0 spiro atoms. The van der Waals surface area contributed by atoms with Crippen LogP contribution in [0.4, 0.5) is 0 Å². The van der Waals surface area contributed by atoms with Crippen molar-refractivity contribution in [3.63, 3.8) is 0 Å². The van der Waals surface area contributed by atoms with E-state index in [9.17, 15) is 9.59 Å². The molecule has 0 saturated carbocycles. The van der Waals surface area contributed by atoms with Crippen LogP contribution in [-0.2, 0) is 22.6 Å². The number of hydrogen-bond donors (Lipinski definition) is 0. The van der Waals surface area contributed by atoms with Gasteiger partial charge in [-0.05, 0) is 24.0 Å². The Labute approximate surface area is 144 Å². The van der Waals surface area contributed by atoms with Crippen molar-refractivity contribution < 1.29 is 9.59 Å². The maximum Gasteiger partial charge on any atom is 0.242 e. The number of rotatable bonds is 3. The minimum Gasteiger partial charge on any atom is -0.340 e. The number of nitrogens with zero attached hydrogens (tertiary/aromatic N) is 3. The molecule has 3 rings (SSSR count). The van der Waals surface area contributed by atoms with Crippen LogP contribution in [0.1, 0.15) is 24.5 Å². The molecule has 2 saturated heterocycles. The maximum atomic E-state index is 12.7. The van der Waals surface area contributed by atoms with E-state index in [2.05, 4.69) is 36.1 Å². The molecule has 24 heavy (non-hydrogen) atoms. The van der Waals surface area contributed by atoms with Gasteiger partial charge in [0.2, 0.25) is 11.8 Å². The predicted octanol–water partition coefficient (Wildman–Crippen LogP) is 1.37. The Morgan fingerprint density at radius 3 is 2.42 bits per heavy atom. The normalized spacial score (nSPS) is 25.6. The van der Waals surface area contributed by atoms with Crippen LogP contribution in [0, 0.1) is 5.92 Å². The molecule has 1 aromatic rings. The lowest BCUT2D eigenvalue weighted by molar-refractivity contribution is -0.136. The molecule has 130 valence electrons. The second kappa shape index (κ2) is 6.93. The highest BCUT2D eigenvalue weighted by Gasteiger charge is 2.42. The molecule has 0 bridgehead atoms. The molecule has 1 aromatic carbocycles. The summed E-state index contributed by atoms with van der Waals surface area (Å²) in [4.78, 5) is 30.6. The fraction of sp³-hybridized carbons (Fsp3) is 0.579. The van der Waals surface area contributed by atoms with Crippen LogP contribution in [0.15, 0.2) is 24.3 Å². The molecule has 2 aliphatic rings. The average molecular weight is 329 g/mol. The zero-order chi connectivity index (χ0) is 17.3. The van der Waals surface area contributed by atoms with Crippen molar-refractivity contribution in [2.45, 2.75) is 32.4 Å². The fourth-order valence-electron chi connectivity index (χ4n) is 3.86. The summed E-state index contributed by atoms with van der Waals surface area (Å²) in [5.74, 6) is 0.0285. The van der Waals surface area contributed by atoms with Crippen molar-refractivity contribution >= 4 is 11.8 Å². The molecule has 2 fully saturated rings. The highest BCUT2D eigenvalue weighted by Crippen LogP contribution is 2.27. The zero-order valence-electron chi connectivity index (χ0n) is 14.9. The summed E-state index contributed by atoms with van der Waals surface area (Å²) >= 11 is 0. The minimum atomic E-state index is -0.116. The summed E-state index contributed by atoms with van der Waals surface area (Å²) in [7, 11) is 3.57. The average Bonchev–Trinajstić information content (AvgIpc) is 2.67. The molecule has 2 atom stereocenters. The maximum absolute atomic E-state index is 12.7. The van der Waals surface area contributed by atoms with Crippen molar-refractivity contribution in [1.82, 2.24) is 14.7 Å². The van der Waals surface area contributed by atoms with Gasteiger partial charge in [0.15, 0.2) is 0 Å². The second-order valence-corrected chi connectivity index (χ2v) is 7.07. The molecule has 2 heterocycles. The SMILES string of the molecule is CCc1ccc(CN2CC[C@@H]3[C@H](C2)C(=O)N(C)CC(=O)N3C)cc1. The Hall–Kier alpha value is -1.88. The number of fused-ring (bicyclic) bond motifs is 1. The molecular weight excluding hydrogens is 302 g/mol. The molecule has 0 N–H and O–H groups in total. The Morgan fingerprint density at radius 1 is 1.08 bits per heavy atom. The number of likely N-dealkylation sites (tertiary alicyclic amines) is 1. The van der Waals surface area contributed by atoms with Gasteiger partial charge in [-0.1, -0.05) is 31.2 Å². The van der Waals surface area contributed by atoms with E-state index in [0.717, 1.165) is 32.5 Å². The largest absolute Gasteiger partial charge is 0.340 e. The predicted molar refractivity (Wildman–Crippen MR) is 93.4 cm³/mol. The van der Waals surface area contributed by atoms with Gasteiger partial charge in [0.05, 0.1) is 12.5 Å². The summed E-state index contributed by atoms with van der Waals surface area (Å²) in [6.45, 7) is 4.86. The quantitative estimate of drug-likeness (QED) is 0.841. The first-order chi connectivity index (χ1) is 11.5. The first kappa shape index (κ1) is 17.0. The topological polar surface area (TPSA) is 43.9 Å². The third kappa shape index (κ3) is 3.31. The van der Waals surface area contributed by atoms with Gasteiger partial charge in [-0.15, -0.1) is 0 Å². The van der Waals surface area contributed by atoms with Crippen LogP contribution in [0.2, 0.25) is 0 Å². The molecule has 2 amide bonds. The van der Waals surface area contributed by atoms with E-state index in [1.165, 1.54) is 11.1 Å². The Morgan fingerprint density at radius 2 is 1.75 bits per heavy atom. The number of hydrogen-bond acceptors (Lipinski definition) is 3. The number of carbonyl (C=O) groups excluding carboxylic acids is 2. The summed E-state index contributed by atoms with van der Waals surface area (Å²) in [5, 5.41) is 0. The first-order valence-corrected chi connectivity index (χ1v) is 8.80. The number of aryl methyl sites for hydroxylation is 1. The van der Waals surface area contributed by atoms with Crippen molar-refractivity contribution in [2.24, 2.45) is 5.92 Å². The monoisotopic (exact) mass is 329 g/mol. The molecular formula is C19H27N3O2. The fourth-order valence-corrected chi connectivity index (χ4v) is 3.86. The van der Waals surface area contributed by atoms with Gasteiger partial charge in [0.1, 0.15) is 0 Å². The summed E-state index contributed by atoms with van der Waals surface area (Å²) < 4.78 is 0. The smallest absolute Gasteiger partial charge is 0.242 e. The van der Waals surface area contributed by atoms with Gasteiger partial charge in [-0.2, -0.15) is 0 Å². The second-order valence-electron chi connectivity index (χ2n) is 7.07. The molecule has 0 aromatic heterocycles. The first-order valence-electron chi connectivity index (χ1n) is 8.80. The van der Waals surface area contributed by atoms with Crippen LogP contribution in [0.5, 0.6) is 0 Å². The highest BCUT2D eigenvalue weighted by atomic mass is 16.2. The lowest BCUT2D eigenvalue weighted by Crippen LogP contribution is -2.52. The number of piperidine rings is 1. The van der Waals surface area contributed by atoms with Crippen molar-refractivity contribution in [3.05, 3.63) is 35.4 Å². The van der Waals surface area contributed by atoms with Gasteiger partial charge in [0, 0.05) is 39.8 Å². The Balaban J connectivity index is 1.71. The van der Waals surface area contributed by atoms with Crippen LogP contribution < -0.4 is 0 Å². The minimum absolute atomic E-state index is 0.0358. The van der Waals surface area contributed by atoms with E-state index in [4.69, 9.17) is 0 Å². The zero-order valence-corrected chi connectivity index (χ0v) is 14.9. The number of likely N-dealkylation sites (N-methyl/N-ethyl adjacent to an activating group) is 2. The van der Waals surface area contributed by atoms with Crippen LogP contribution in [0.25, 0.3) is 0 Å². The molecule has 5 heteroatoms. The van der Waals surface area contributed by atoms with Gasteiger partial charge in [-0.25, -0.2) is 0 Å². The summed E-state index contributed by atoms with van der Waals surface area (Å²) in [6, 6.07) is 8.76. The third-order valence-corrected chi connectivity index (χ3v) is 5.45. The molecule has 0 unspecified atom stereocenters. The Kier molecular flexibility index (Phi) is 4.90. The van der Waals surface area contributed by atoms with Gasteiger partial charge < -0.3 is 9.80 Å². The van der Waals surface area contributed by atoms with Gasteiger partial charge in [0.25, 0.3) is 0 Å². The molecule has 0 aliphatic carbocycles. The van der Waals surface area contributed by atoms with Crippen molar-refractivity contribution in [2.75, 3.05) is 33.7 Å². The van der Waals surface area contributed by atoms with E-state index in [1.807, 2.05) is 7.05 Å². The standard InChI is InChI=1S/C19H27N3O2/c1-4-14-5-7-15(8-6-14)11-22-10-9-17-16(12-22)19(24)20(2)13-18(23)21(17)3/h5-8,16-17H,4,9-13H2,1-3H3/t16-,17+/m0/s1. The summed E-state index contributed by atoms with van der Waals surface area (Å²) in [6.07, 6.45) is 1.91. The molecule has 0 radical (unpaired) electrons. The van der Waals surface area contributed by atoms with E-state index in [1.54, 1.807) is 16.8 Å². The van der Waals surface area contributed by atoms with Crippen LogP contribution in [0.3, 0.4) is 0 Å². The molecule has 2 aliphatic heterocycles. The van der Waals surface area contributed by atoms with Crippen LogP contribution >= 0.6 is 0 Å². The van der Waals surface area contributed by atoms with Crippen molar-refractivity contribution in [3.8, 4) is 0 Å². The third-order valence-electron chi connectivity index (χ3n) is 5.45. The van der Waals surface area contributed by atoms with Gasteiger partial charge >= 0.3 is 0 Å². The number of amides is 2. The van der Waals surface area contributed by atoms with E-state index < -0.39 is 0 Å². The lowest BCUT2D eigenvalue weighted by Gasteiger charge is -2.40. The van der Waals surface area contributed by atoms with Crippen molar-refractivity contribution in [1.29, 1.82) is 0 Å². The van der Waals surface area contributed by atoms with E-state index in [0.29, 0.717) is 0 Å². The van der Waals surface area contributed by atoms with E-state index >= 15 is 0 Å². The summed E-state index contributed by atoms with van der Waals surface area (Å²) in [5.41, 5.74) is 2.63. The lowest BCUT2D eigenvalue weighted by atomic mass is 9.90. The number of benzene rings is 1. The highest BCUT2D eigenvalue weighted by molar-refractivity contribution is 5.89. The van der Waals surface area contributed by atoms with Gasteiger partial charge in [-0.3, -0.25) is 14.5 Å². The van der Waals surface area contributed by atoms with E-state index in [-0.39, 0.29) is 30.3 Å². The number of carbonyl (C=O) groups is 2. The Bertz CT molecular complexity index is 614.